The number of nitrogens with one attached hydrogen (secondary N) is 1. The van der Waals surface area contributed by atoms with Crippen molar-refractivity contribution in [3.63, 3.8) is 0 Å². The van der Waals surface area contributed by atoms with Crippen molar-refractivity contribution in [3.05, 3.63) is 60.8 Å². The number of nitrogens with zero attached hydrogens (tertiary/aromatic N) is 2. The fourth-order valence-corrected chi connectivity index (χ4v) is 2.22. The number of aromatic nitrogens is 3. The van der Waals surface area contributed by atoms with E-state index in [0.29, 0.717) is 0 Å². The fraction of sp³-hybridized carbons (Fsp3) is 0. The van der Waals surface area contributed by atoms with Gasteiger partial charge in [-0.2, -0.15) is 0 Å². The average Bonchev–Trinajstić information content (AvgIpc) is 2.90. The highest BCUT2D eigenvalue weighted by Gasteiger charge is 2.06. The van der Waals surface area contributed by atoms with Crippen LogP contribution < -0.4 is 0 Å². The molecule has 4 aromatic rings. The minimum absolute atomic E-state index is 0.805. The quantitative estimate of drug-likeness (QED) is 0.556. The van der Waals surface area contributed by atoms with Crippen molar-refractivity contribution in [1.29, 1.82) is 0 Å². The van der Waals surface area contributed by atoms with Gasteiger partial charge in [-0.25, -0.2) is 9.97 Å². The molecule has 2 aromatic carbocycles. The molecule has 0 spiro atoms. The monoisotopic (exact) mass is 244 g/mol. The molecule has 3 nitrogen and oxygen atoms in total. The van der Waals surface area contributed by atoms with Crippen LogP contribution in [0.3, 0.4) is 0 Å². The zero-order chi connectivity index (χ0) is 12.7. The molecule has 0 fully saturated rings. The first-order valence-corrected chi connectivity index (χ1v) is 6.13. The standard InChI is InChI=1S/C16H10N3/c1-2-6-13-11(5-1)9-12(10-17-13)16-18-14-7-3-4-8-15(14)19-16/h1-9H,(H,18,19). The number of para-hydroxylation sites is 3. The molecule has 19 heavy (non-hydrogen) atoms. The number of hydrogen-bond donors (Lipinski definition) is 1. The summed E-state index contributed by atoms with van der Waals surface area (Å²) in [6.45, 7) is 0. The number of rotatable bonds is 1. The summed E-state index contributed by atoms with van der Waals surface area (Å²) in [4.78, 5) is 12.2. The molecule has 2 heterocycles. The first-order chi connectivity index (χ1) is 9.40. The summed E-state index contributed by atoms with van der Waals surface area (Å²) in [5.74, 6) is 0.805. The molecular weight excluding hydrogens is 234 g/mol. The van der Waals surface area contributed by atoms with E-state index in [1.807, 2.05) is 48.5 Å². The molecule has 4 rings (SSSR count). The Bertz CT molecular complexity index is 844. The molecule has 0 aliphatic heterocycles. The molecule has 3 heteroatoms. The number of H-pyrrole nitrogens is 1. The third-order valence-corrected chi connectivity index (χ3v) is 3.18. The molecular formula is C16H10N3. The summed E-state index contributed by atoms with van der Waals surface area (Å²) >= 11 is 0. The normalized spacial score (nSPS) is 11.2. The van der Waals surface area contributed by atoms with E-state index in [9.17, 15) is 0 Å². The Balaban J connectivity index is 1.93. The summed E-state index contributed by atoms with van der Waals surface area (Å²) in [6, 6.07) is 18.0. The topological polar surface area (TPSA) is 41.6 Å². The van der Waals surface area contributed by atoms with Crippen LogP contribution in [0, 0.1) is 6.20 Å². The number of pyridine rings is 1. The minimum Gasteiger partial charge on any atom is -0.338 e. The third-order valence-electron chi connectivity index (χ3n) is 3.18. The Labute approximate surface area is 110 Å². The Morgan fingerprint density at radius 2 is 1.68 bits per heavy atom. The maximum absolute atomic E-state index is 4.56. The predicted octanol–water partition coefficient (Wildman–Crippen LogP) is 3.58. The zero-order valence-electron chi connectivity index (χ0n) is 10.1. The lowest BCUT2D eigenvalue weighted by Gasteiger charge is -1.98. The number of fused-ring (bicyclic) bond motifs is 2. The molecule has 0 atom stereocenters. The molecule has 1 radical (unpaired) electrons. The first-order valence-electron chi connectivity index (χ1n) is 6.13. The molecule has 0 bridgehead atoms. The van der Waals surface area contributed by atoms with Crippen LogP contribution in [0.2, 0.25) is 0 Å². The summed E-state index contributed by atoms with van der Waals surface area (Å²) in [7, 11) is 0. The SMILES string of the molecule is [c]1nc2ccccc2cc1-c1nc2ccccc2[nH]1. The van der Waals surface area contributed by atoms with E-state index in [1.54, 1.807) is 0 Å². The van der Waals surface area contributed by atoms with Crippen LogP contribution >= 0.6 is 0 Å². The Kier molecular flexibility index (Phi) is 2.12. The van der Waals surface area contributed by atoms with Crippen molar-refractivity contribution in [2.75, 3.05) is 0 Å². The number of benzene rings is 2. The van der Waals surface area contributed by atoms with Crippen molar-refractivity contribution >= 4 is 21.9 Å². The minimum atomic E-state index is 0.805. The van der Waals surface area contributed by atoms with E-state index in [1.165, 1.54) is 0 Å². The third kappa shape index (κ3) is 1.67. The summed E-state index contributed by atoms with van der Waals surface area (Å²) in [5, 5.41) is 1.09. The second kappa shape index (κ2) is 3.92. The largest absolute Gasteiger partial charge is 0.338 e. The summed E-state index contributed by atoms with van der Waals surface area (Å²) in [6.07, 6.45) is 3.04. The van der Waals surface area contributed by atoms with Gasteiger partial charge in [0, 0.05) is 10.9 Å². The Hall–Kier alpha value is -2.68. The molecule has 89 valence electrons. The van der Waals surface area contributed by atoms with Gasteiger partial charge in [-0.3, -0.25) is 0 Å². The van der Waals surface area contributed by atoms with Gasteiger partial charge in [0.05, 0.1) is 16.6 Å². The molecule has 0 saturated carbocycles. The number of aromatic amines is 1. The van der Waals surface area contributed by atoms with E-state index in [2.05, 4.69) is 27.2 Å². The van der Waals surface area contributed by atoms with Gasteiger partial charge in [-0.1, -0.05) is 30.3 Å². The van der Waals surface area contributed by atoms with Gasteiger partial charge in [0.15, 0.2) is 0 Å². The van der Waals surface area contributed by atoms with Crippen LogP contribution in [0.15, 0.2) is 54.6 Å². The lowest BCUT2D eigenvalue weighted by Crippen LogP contribution is -1.85. The maximum Gasteiger partial charge on any atom is 0.140 e. The maximum atomic E-state index is 4.56. The zero-order valence-corrected chi connectivity index (χ0v) is 10.1. The second-order valence-electron chi connectivity index (χ2n) is 4.44. The van der Waals surface area contributed by atoms with Gasteiger partial charge in [0.1, 0.15) is 12.0 Å². The van der Waals surface area contributed by atoms with E-state index in [0.717, 1.165) is 33.3 Å². The molecule has 0 amide bonds. The van der Waals surface area contributed by atoms with Crippen molar-refractivity contribution in [3.8, 4) is 11.4 Å². The second-order valence-corrected chi connectivity index (χ2v) is 4.44. The molecule has 2 aromatic heterocycles. The highest BCUT2D eigenvalue weighted by atomic mass is 14.9. The van der Waals surface area contributed by atoms with Gasteiger partial charge in [-0.15, -0.1) is 0 Å². The van der Waals surface area contributed by atoms with Gasteiger partial charge >= 0.3 is 0 Å². The summed E-state index contributed by atoms with van der Waals surface area (Å²) in [5.41, 5.74) is 3.82. The van der Waals surface area contributed by atoms with Crippen LogP contribution in [-0.4, -0.2) is 15.0 Å². The van der Waals surface area contributed by atoms with Crippen LogP contribution in [-0.2, 0) is 0 Å². The molecule has 1 N–H and O–H groups in total. The highest BCUT2D eigenvalue weighted by Crippen LogP contribution is 2.22. The number of hydrogen-bond acceptors (Lipinski definition) is 2. The lowest BCUT2D eigenvalue weighted by molar-refractivity contribution is 1.30. The lowest BCUT2D eigenvalue weighted by atomic mass is 10.1. The molecule has 0 unspecified atom stereocenters. The van der Waals surface area contributed by atoms with Gasteiger partial charge in [-0.05, 0) is 24.3 Å². The Morgan fingerprint density at radius 1 is 0.895 bits per heavy atom. The van der Waals surface area contributed by atoms with Crippen molar-refractivity contribution in [1.82, 2.24) is 15.0 Å². The van der Waals surface area contributed by atoms with Crippen LogP contribution in [0.25, 0.3) is 33.3 Å². The van der Waals surface area contributed by atoms with E-state index in [-0.39, 0.29) is 0 Å². The van der Waals surface area contributed by atoms with Crippen molar-refractivity contribution < 1.29 is 0 Å². The van der Waals surface area contributed by atoms with E-state index < -0.39 is 0 Å². The van der Waals surface area contributed by atoms with Crippen LogP contribution in [0.5, 0.6) is 0 Å². The van der Waals surface area contributed by atoms with Crippen molar-refractivity contribution in [2.45, 2.75) is 0 Å². The molecule has 0 saturated heterocycles. The van der Waals surface area contributed by atoms with Crippen LogP contribution in [0.1, 0.15) is 0 Å². The van der Waals surface area contributed by atoms with Crippen LogP contribution in [0.4, 0.5) is 0 Å². The molecule has 0 aliphatic carbocycles. The van der Waals surface area contributed by atoms with E-state index >= 15 is 0 Å². The average molecular weight is 244 g/mol. The van der Waals surface area contributed by atoms with Crippen molar-refractivity contribution in [2.24, 2.45) is 0 Å². The first kappa shape index (κ1) is 10.3. The number of imidazole rings is 1. The fourth-order valence-electron chi connectivity index (χ4n) is 2.22. The predicted molar refractivity (Wildman–Crippen MR) is 75.7 cm³/mol. The van der Waals surface area contributed by atoms with Gasteiger partial charge < -0.3 is 4.98 Å². The Morgan fingerprint density at radius 3 is 2.58 bits per heavy atom. The molecule has 0 aliphatic rings. The summed E-state index contributed by atoms with van der Waals surface area (Å²) < 4.78 is 0. The van der Waals surface area contributed by atoms with Gasteiger partial charge in [0.25, 0.3) is 0 Å². The smallest absolute Gasteiger partial charge is 0.140 e. The van der Waals surface area contributed by atoms with Gasteiger partial charge in [0.2, 0.25) is 0 Å². The van der Waals surface area contributed by atoms with E-state index in [4.69, 9.17) is 0 Å². The highest BCUT2D eigenvalue weighted by molar-refractivity contribution is 5.84.